The van der Waals surface area contributed by atoms with Gasteiger partial charge in [0.15, 0.2) is 5.79 Å². The van der Waals surface area contributed by atoms with Gasteiger partial charge in [0.05, 0.1) is 25.1 Å². The van der Waals surface area contributed by atoms with Gasteiger partial charge in [0.2, 0.25) is 5.91 Å². The first-order valence-electron chi connectivity index (χ1n) is 8.04. The van der Waals surface area contributed by atoms with Crippen molar-refractivity contribution in [1.29, 1.82) is 0 Å². The number of amides is 1. The van der Waals surface area contributed by atoms with E-state index in [-0.39, 0.29) is 17.6 Å². The van der Waals surface area contributed by atoms with Crippen molar-refractivity contribution in [3.8, 4) is 0 Å². The highest BCUT2D eigenvalue weighted by molar-refractivity contribution is 5.93. The fraction of sp³-hybridized carbons (Fsp3) is 0.625. The molecule has 1 aromatic rings. The van der Waals surface area contributed by atoms with Crippen molar-refractivity contribution >= 4 is 17.4 Å². The molecule has 0 radical (unpaired) electrons. The highest BCUT2D eigenvalue weighted by atomic mass is 16.7. The molecule has 0 bridgehead atoms. The predicted molar refractivity (Wildman–Crippen MR) is 81.7 cm³/mol. The number of hydrogen-bond donors (Lipinski definition) is 1. The molecule has 0 atom stereocenters. The Morgan fingerprint density at radius 2 is 1.95 bits per heavy atom. The second-order valence-electron chi connectivity index (χ2n) is 6.26. The van der Waals surface area contributed by atoms with E-state index >= 15 is 0 Å². The van der Waals surface area contributed by atoms with Gasteiger partial charge in [-0.25, -0.2) is 4.98 Å². The Morgan fingerprint density at radius 3 is 2.55 bits per heavy atom. The maximum Gasteiger partial charge on any atom is 0.227 e. The van der Waals surface area contributed by atoms with E-state index in [1.807, 2.05) is 12.1 Å². The fourth-order valence-electron chi connectivity index (χ4n) is 3.10. The standard InChI is InChI=1S/C16H21N3O3/c20-15(12-1-2-12)18-13-3-4-14(17-11-13)19-7-5-16(6-8-19)21-9-10-22-16/h3-4,11-12H,1-2,5-10H2,(H,18,20). The topological polar surface area (TPSA) is 63.7 Å². The highest BCUT2D eigenvalue weighted by Gasteiger charge is 2.40. The van der Waals surface area contributed by atoms with Crippen molar-refractivity contribution in [2.45, 2.75) is 31.5 Å². The summed E-state index contributed by atoms with van der Waals surface area (Å²) < 4.78 is 11.5. The molecule has 6 heteroatoms. The van der Waals surface area contributed by atoms with Crippen LogP contribution in [0.15, 0.2) is 18.3 Å². The van der Waals surface area contributed by atoms with Crippen LogP contribution in [-0.4, -0.2) is 43.0 Å². The fourth-order valence-corrected chi connectivity index (χ4v) is 3.10. The van der Waals surface area contributed by atoms with Crippen LogP contribution in [0, 0.1) is 5.92 Å². The molecular weight excluding hydrogens is 282 g/mol. The van der Waals surface area contributed by atoms with Crippen molar-refractivity contribution in [3.63, 3.8) is 0 Å². The van der Waals surface area contributed by atoms with Crippen LogP contribution in [-0.2, 0) is 14.3 Å². The van der Waals surface area contributed by atoms with Gasteiger partial charge in [-0.1, -0.05) is 0 Å². The molecule has 3 fully saturated rings. The van der Waals surface area contributed by atoms with Gasteiger partial charge < -0.3 is 19.7 Å². The van der Waals surface area contributed by atoms with Crippen LogP contribution in [0.5, 0.6) is 0 Å². The number of ether oxygens (including phenoxy) is 2. The number of nitrogens with zero attached hydrogens (tertiary/aromatic N) is 2. The quantitative estimate of drug-likeness (QED) is 0.922. The van der Waals surface area contributed by atoms with E-state index in [4.69, 9.17) is 9.47 Å². The monoisotopic (exact) mass is 303 g/mol. The Hall–Kier alpha value is -1.66. The lowest BCUT2D eigenvalue weighted by Crippen LogP contribution is -2.45. The lowest BCUT2D eigenvalue weighted by Gasteiger charge is -2.38. The zero-order valence-corrected chi connectivity index (χ0v) is 12.6. The summed E-state index contributed by atoms with van der Waals surface area (Å²) in [4.78, 5) is 18.4. The predicted octanol–water partition coefficient (Wildman–Crippen LogP) is 1.77. The van der Waals surface area contributed by atoms with Gasteiger partial charge in [-0.15, -0.1) is 0 Å². The van der Waals surface area contributed by atoms with Gasteiger partial charge >= 0.3 is 0 Å². The molecule has 118 valence electrons. The van der Waals surface area contributed by atoms with E-state index < -0.39 is 0 Å². The summed E-state index contributed by atoms with van der Waals surface area (Å²) in [7, 11) is 0. The average molecular weight is 303 g/mol. The van der Waals surface area contributed by atoms with Gasteiger partial charge in [0.25, 0.3) is 0 Å². The van der Waals surface area contributed by atoms with Crippen LogP contribution < -0.4 is 10.2 Å². The Morgan fingerprint density at radius 1 is 1.23 bits per heavy atom. The lowest BCUT2D eigenvalue weighted by molar-refractivity contribution is -0.169. The number of aromatic nitrogens is 1. The number of anilines is 2. The third kappa shape index (κ3) is 2.80. The normalized spacial score (nSPS) is 23.7. The van der Waals surface area contributed by atoms with E-state index in [1.54, 1.807) is 6.20 Å². The largest absolute Gasteiger partial charge is 0.356 e. The van der Waals surface area contributed by atoms with Crippen LogP contribution in [0.25, 0.3) is 0 Å². The van der Waals surface area contributed by atoms with Gasteiger partial charge in [-0.3, -0.25) is 4.79 Å². The Balaban J connectivity index is 1.35. The summed E-state index contributed by atoms with van der Waals surface area (Å²) in [5, 5.41) is 2.91. The molecule has 0 unspecified atom stereocenters. The molecule has 1 spiro atoms. The van der Waals surface area contributed by atoms with Crippen molar-refractivity contribution in [2.75, 3.05) is 36.5 Å². The molecule has 4 rings (SSSR count). The summed E-state index contributed by atoms with van der Waals surface area (Å²) in [6, 6.07) is 3.90. The molecule has 3 aliphatic rings. The Kier molecular flexibility index (Phi) is 3.50. The first kappa shape index (κ1) is 14.0. The van der Waals surface area contributed by atoms with Crippen LogP contribution in [0.3, 0.4) is 0 Å². The Bertz CT molecular complexity index is 540. The van der Waals surface area contributed by atoms with Crippen molar-refractivity contribution < 1.29 is 14.3 Å². The van der Waals surface area contributed by atoms with Gasteiger partial charge in [-0.2, -0.15) is 0 Å². The molecule has 1 aromatic heterocycles. The minimum absolute atomic E-state index is 0.116. The molecule has 3 heterocycles. The zero-order valence-electron chi connectivity index (χ0n) is 12.6. The summed E-state index contributed by atoms with van der Waals surface area (Å²) in [6.45, 7) is 3.16. The number of nitrogens with one attached hydrogen (secondary N) is 1. The molecule has 1 aliphatic carbocycles. The summed E-state index contributed by atoms with van der Waals surface area (Å²) in [5.41, 5.74) is 0.775. The molecule has 2 aliphatic heterocycles. The third-order valence-corrected chi connectivity index (χ3v) is 4.63. The lowest BCUT2D eigenvalue weighted by atomic mass is 10.0. The van der Waals surface area contributed by atoms with Gasteiger partial charge in [0, 0.05) is 31.8 Å². The number of carbonyl (C=O) groups excluding carboxylic acids is 1. The van der Waals surface area contributed by atoms with E-state index in [1.165, 1.54) is 0 Å². The van der Waals surface area contributed by atoms with Crippen molar-refractivity contribution in [2.24, 2.45) is 5.92 Å². The highest BCUT2D eigenvalue weighted by Crippen LogP contribution is 2.33. The van der Waals surface area contributed by atoms with Crippen molar-refractivity contribution in [3.05, 3.63) is 18.3 Å². The molecular formula is C16H21N3O3. The molecule has 1 N–H and O–H groups in total. The van der Waals surface area contributed by atoms with Crippen LogP contribution >= 0.6 is 0 Å². The molecule has 6 nitrogen and oxygen atoms in total. The number of pyridine rings is 1. The second-order valence-corrected chi connectivity index (χ2v) is 6.26. The van der Waals surface area contributed by atoms with Gasteiger partial charge in [0.1, 0.15) is 5.82 Å². The number of hydrogen-bond acceptors (Lipinski definition) is 5. The zero-order chi connectivity index (χ0) is 15.0. The summed E-state index contributed by atoms with van der Waals surface area (Å²) in [6.07, 6.45) is 5.50. The van der Waals surface area contributed by atoms with E-state index in [0.29, 0.717) is 13.2 Å². The maximum atomic E-state index is 11.7. The molecule has 1 saturated carbocycles. The van der Waals surface area contributed by atoms with Crippen LogP contribution in [0.4, 0.5) is 11.5 Å². The third-order valence-electron chi connectivity index (χ3n) is 4.63. The second kappa shape index (κ2) is 5.52. The van der Waals surface area contributed by atoms with Crippen molar-refractivity contribution in [1.82, 2.24) is 4.98 Å². The average Bonchev–Trinajstić information content (AvgIpc) is 3.31. The number of carbonyl (C=O) groups is 1. The first-order valence-corrected chi connectivity index (χ1v) is 8.04. The molecule has 22 heavy (non-hydrogen) atoms. The first-order chi connectivity index (χ1) is 10.7. The molecule has 2 saturated heterocycles. The minimum atomic E-state index is -0.353. The minimum Gasteiger partial charge on any atom is -0.356 e. The SMILES string of the molecule is O=C(Nc1ccc(N2CCC3(CC2)OCCO3)nc1)C1CC1. The number of rotatable bonds is 3. The van der Waals surface area contributed by atoms with Crippen LogP contribution in [0.2, 0.25) is 0 Å². The van der Waals surface area contributed by atoms with Crippen LogP contribution in [0.1, 0.15) is 25.7 Å². The smallest absolute Gasteiger partial charge is 0.227 e. The summed E-state index contributed by atoms with van der Waals surface area (Å²) >= 11 is 0. The maximum absolute atomic E-state index is 11.7. The summed E-state index contributed by atoms with van der Waals surface area (Å²) in [5.74, 6) is 0.918. The van der Waals surface area contributed by atoms with E-state index in [9.17, 15) is 4.79 Å². The van der Waals surface area contributed by atoms with E-state index in [2.05, 4.69) is 15.2 Å². The molecule has 0 aromatic carbocycles. The molecule has 1 amide bonds. The van der Waals surface area contributed by atoms with Gasteiger partial charge in [-0.05, 0) is 25.0 Å². The number of piperidine rings is 1. The Labute approximate surface area is 129 Å². The van der Waals surface area contributed by atoms with E-state index in [0.717, 1.165) is 50.3 Å².